The minimum absolute atomic E-state index is 0.108. The normalized spacial score (nSPS) is 12.7. The molecular weight excluding hydrogens is 560 g/mol. The third-order valence-corrected chi connectivity index (χ3v) is 9.38. The van der Waals surface area contributed by atoms with E-state index in [1.165, 1.54) is 161 Å². The molecule has 0 aliphatic rings. The van der Waals surface area contributed by atoms with Crippen LogP contribution >= 0.6 is 0 Å². The Hall–Kier alpha value is -1.10. The molecule has 1 unspecified atom stereocenters. The Morgan fingerprint density at radius 2 is 0.756 bits per heavy atom. The third-order valence-electron chi connectivity index (χ3n) is 9.38. The summed E-state index contributed by atoms with van der Waals surface area (Å²) < 4.78 is 10.3. The van der Waals surface area contributed by atoms with Crippen molar-refractivity contribution in [1.29, 1.82) is 0 Å². The van der Waals surface area contributed by atoms with E-state index in [1.807, 2.05) is 0 Å². The highest BCUT2D eigenvalue weighted by Crippen LogP contribution is 2.16. The summed E-state index contributed by atoms with van der Waals surface area (Å²) in [5.74, 6) is 0.328. The summed E-state index contributed by atoms with van der Waals surface area (Å²) in [7, 11) is 0. The van der Waals surface area contributed by atoms with E-state index < -0.39 is 6.10 Å². The van der Waals surface area contributed by atoms with Crippen molar-refractivity contribution in [2.75, 3.05) is 13.2 Å². The van der Waals surface area contributed by atoms with Crippen LogP contribution in [0.15, 0.2) is 0 Å². The molecule has 0 aliphatic heterocycles. The maximum absolute atomic E-state index is 12.0. The van der Waals surface area contributed by atoms with Gasteiger partial charge in [0.05, 0.1) is 0 Å². The summed E-state index contributed by atoms with van der Waals surface area (Å²) in [5, 5.41) is 10.0. The lowest BCUT2D eigenvalue weighted by molar-refractivity contribution is -0.152. The molecule has 5 heteroatoms. The molecule has 1 N–H and O–H groups in total. The van der Waals surface area contributed by atoms with Gasteiger partial charge in [0.15, 0.2) is 0 Å². The molecule has 0 rings (SSSR count). The van der Waals surface area contributed by atoms with Crippen molar-refractivity contribution in [2.24, 2.45) is 5.92 Å². The van der Waals surface area contributed by atoms with Crippen molar-refractivity contribution in [1.82, 2.24) is 0 Å². The van der Waals surface area contributed by atoms with E-state index in [0.29, 0.717) is 12.8 Å². The second kappa shape index (κ2) is 35.7. The van der Waals surface area contributed by atoms with Crippen molar-refractivity contribution in [3.05, 3.63) is 0 Å². The van der Waals surface area contributed by atoms with Gasteiger partial charge in [0.1, 0.15) is 19.3 Å². The van der Waals surface area contributed by atoms with Gasteiger partial charge in [-0.15, -0.1) is 0 Å². The fourth-order valence-corrected chi connectivity index (χ4v) is 5.95. The molecular formula is C40H78O5. The fourth-order valence-electron chi connectivity index (χ4n) is 5.95. The highest BCUT2D eigenvalue weighted by Gasteiger charge is 2.12. The lowest BCUT2D eigenvalue weighted by Gasteiger charge is -2.12. The van der Waals surface area contributed by atoms with Gasteiger partial charge in [0.2, 0.25) is 0 Å². The van der Waals surface area contributed by atoms with E-state index in [-0.39, 0.29) is 25.2 Å². The van der Waals surface area contributed by atoms with Crippen LogP contribution in [0.5, 0.6) is 0 Å². The first-order valence-corrected chi connectivity index (χ1v) is 20.0. The molecule has 5 nitrogen and oxygen atoms in total. The van der Waals surface area contributed by atoms with Crippen LogP contribution in [0.25, 0.3) is 0 Å². The summed E-state index contributed by atoms with van der Waals surface area (Å²) in [6.07, 6.45) is 37.2. The Bertz CT molecular complexity index is 622. The third kappa shape index (κ3) is 35.6. The lowest BCUT2D eigenvalue weighted by Crippen LogP contribution is -2.25. The van der Waals surface area contributed by atoms with Crippen LogP contribution in [0.1, 0.15) is 220 Å². The monoisotopic (exact) mass is 639 g/mol. The average molecular weight is 639 g/mol. The highest BCUT2D eigenvalue weighted by molar-refractivity contribution is 5.69. The van der Waals surface area contributed by atoms with Crippen LogP contribution in [0.2, 0.25) is 0 Å². The predicted octanol–water partition coefficient (Wildman–Crippen LogP) is 12.2. The van der Waals surface area contributed by atoms with Crippen molar-refractivity contribution < 1.29 is 24.2 Å². The number of ether oxygens (including phenoxy) is 2. The highest BCUT2D eigenvalue weighted by atomic mass is 16.6. The van der Waals surface area contributed by atoms with Crippen LogP contribution in [0.3, 0.4) is 0 Å². The molecule has 0 aromatic heterocycles. The van der Waals surface area contributed by atoms with Gasteiger partial charge < -0.3 is 14.6 Å². The van der Waals surface area contributed by atoms with Crippen molar-refractivity contribution in [3.8, 4) is 0 Å². The fraction of sp³-hybridized carbons (Fsp3) is 0.950. The van der Waals surface area contributed by atoms with Crippen molar-refractivity contribution >= 4 is 11.9 Å². The Kier molecular flexibility index (Phi) is 34.9. The number of carbonyl (C=O) groups excluding carboxylic acids is 2. The first-order chi connectivity index (χ1) is 22.0. The molecule has 45 heavy (non-hydrogen) atoms. The van der Waals surface area contributed by atoms with Crippen molar-refractivity contribution in [3.63, 3.8) is 0 Å². The van der Waals surface area contributed by atoms with E-state index in [1.54, 1.807) is 0 Å². The number of aliphatic hydroxyl groups is 1. The number of rotatable bonds is 36. The molecule has 0 fully saturated rings. The minimum atomic E-state index is -0.955. The molecule has 0 heterocycles. The number of aliphatic hydroxyl groups excluding tert-OH is 1. The van der Waals surface area contributed by atoms with Gasteiger partial charge in [-0.25, -0.2) is 0 Å². The minimum Gasteiger partial charge on any atom is -0.463 e. The molecule has 2 atom stereocenters. The van der Waals surface area contributed by atoms with Gasteiger partial charge in [0, 0.05) is 12.8 Å². The van der Waals surface area contributed by atoms with Crippen LogP contribution in [-0.2, 0) is 19.1 Å². The number of hydrogen-bond donors (Lipinski definition) is 1. The van der Waals surface area contributed by atoms with Crippen LogP contribution in [-0.4, -0.2) is 36.4 Å². The zero-order valence-electron chi connectivity index (χ0n) is 30.6. The van der Waals surface area contributed by atoms with E-state index in [4.69, 9.17) is 9.47 Å². The first kappa shape index (κ1) is 43.9. The smallest absolute Gasteiger partial charge is 0.305 e. The summed E-state index contributed by atoms with van der Waals surface area (Å²) in [4.78, 5) is 23.9. The van der Waals surface area contributed by atoms with E-state index in [9.17, 15) is 14.7 Å². The van der Waals surface area contributed by atoms with Gasteiger partial charge in [0.25, 0.3) is 0 Å². The predicted molar refractivity (Wildman–Crippen MR) is 192 cm³/mol. The second-order valence-electron chi connectivity index (χ2n) is 14.0. The maximum Gasteiger partial charge on any atom is 0.305 e. The summed E-state index contributed by atoms with van der Waals surface area (Å²) in [6, 6.07) is 0. The van der Waals surface area contributed by atoms with Gasteiger partial charge in [-0.2, -0.15) is 0 Å². The quantitative estimate of drug-likeness (QED) is 0.0546. The first-order valence-electron chi connectivity index (χ1n) is 20.0. The summed E-state index contributed by atoms with van der Waals surface area (Å²) in [5.41, 5.74) is 0. The zero-order chi connectivity index (χ0) is 33.1. The lowest BCUT2D eigenvalue weighted by atomic mass is 9.99. The second-order valence-corrected chi connectivity index (χ2v) is 14.0. The maximum atomic E-state index is 12.0. The molecule has 0 spiro atoms. The van der Waals surface area contributed by atoms with Gasteiger partial charge >= 0.3 is 11.9 Å². The van der Waals surface area contributed by atoms with Crippen molar-refractivity contribution in [2.45, 2.75) is 226 Å². The molecule has 0 saturated carbocycles. The number of hydrogen-bond acceptors (Lipinski definition) is 5. The Labute approximate surface area is 280 Å². The summed E-state index contributed by atoms with van der Waals surface area (Å²) in [6.45, 7) is 6.69. The van der Waals surface area contributed by atoms with Gasteiger partial charge in [-0.3, -0.25) is 9.59 Å². The van der Waals surface area contributed by atoms with Gasteiger partial charge in [-0.1, -0.05) is 194 Å². The Morgan fingerprint density at radius 3 is 1.07 bits per heavy atom. The molecule has 0 radical (unpaired) electrons. The molecule has 0 aromatic carbocycles. The molecule has 268 valence electrons. The average Bonchev–Trinajstić information content (AvgIpc) is 3.04. The SMILES string of the molecule is CCCCCCCCCCCCCCCCCCCC(=O)OC[C@@H](O)COC(=O)CCCCCCCCCCCCC(C)CC. The number of carbonyl (C=O) groups is 2. The molecule has 0 aromatic rings. The zero-order valence-corrected chi connectivity index (χ0v) is 30.6. The summed E-state index contributed by atoms with van der Waals surface area (Å²) >= 11 is 0. The van der Waals surface area contributed by atoms with E-state index in [0.717, 1.165) is 31.6 Å². The Morgan fingerprint density at radius 1 is 0.467 bits per heavy atom. The standard InChI is InChI=1S/C40H78O5/c1-4-6-7-8-9-10-11-12-13-14-15-16-17-21-24-27-30-33-39(42)44-35-38(41)36-45-40(43)34-31-28-25-22-19-18-20-23-26-29-32-37(3)5-2/h37-38,41H,4-36H2,1-3H3/t37?,38-/m1/s1. The van der Waals surface area contributed by atoms with Crippen LogP contribution in [0, 0.1) is 5.92 Å². The molecule has 0 saturated heterocycles. The van der Waals surface area contributed by atoms with Gasteiger partial charge in [-0.05, 0) is 18.8 Å². The Balaban J connectivity index is 3.38. The largest absolute Gasteiger partial charge is 0.463 e. The molecule has 0 bridgehead atoms. The number of unbranched alkanes of at least 4 members (excludes halogenated alkanes) is 25. The van der Waals surface area contributed by atoms with Crippen LogP contribution in [0.4, 0.5) is 0 Å². The molecule has 0 amide bonds. The van der Waals surface area contributed by atoms with E-state index in [2.05, 4.69) is 20.8 Å². The number of esters is 2. The van der Waals surface area contributed by atoms with E-state index >= 15 is 0 Å². The molecule has 0 aliphatic carbocycles. The topological polar surface area (TPSA) is 72.8 Å². The van der Waals surface area contributed by atoms with Crippen LogP contribution < -0.4 is 0 Å².